The molecular formula is C14H24ClN3O4S2. The average molecular weight is 398 g/mol. The average Bonchev–Trinajstić information content (AvgIpc) is 3.08. The smallest absolute Gasteiger partial charge is 0.243 e. The van der Waals surface area contributed by atoms with Crippen LogP contribution in [0.4, 0.5) is 0 Å². The highest BCUT2D eigenvalue weighted by Crippen LogP contribution is 2.24. The molecule has 1 atom stereocenters. The number of nitrogens with zero attached hydrogens (tertiary/aromatic N) is 2. The molecule has 0 aromatic heterocycles. The molecule has 7 nitrogen and oxygen atoms in total. The molecule has 2 rings (SSSR count). The second-order valence-corrected chi connectivity index (χ2v) is 9.63. The van der Waals surface area contributed by atoms with E-state index < -0.39 is 20.0 Å². The van der Waals surface area contributed by atoms with E-state index in [4.69, 9.17) is 5.73 Å². The van der Waals surface area contributed by atoms with Gasteiger partial charge in [0.05, 0.1) is 9.79 Å². The maximum Gasteiger partial charge on any atom is 0.243 e. The van der Waals surface area contributed by atoms with Crippen molar-refractivity contribution in [2.24, 2.45) is 5.73 Å². The number of sulfonamides is 2. The number of benzene rings is 1. The van der Waals surface area contributed by atoms with Crippen molar-refractivity contribution in [3.05, 3.63) is 24.3 Å². The lowest BCUT2D eigenvalue weighted by atomic mass is 10.4. The largest absolute Gasteiger partial charge is 0.329 e. The van der Waals surface area contributed by atoms with E-state index in [0.29, 0.717) is 13.1 Å². The molecule has 1 aromatic rings. The fourth-order valence-electron chi connectivity index (χ4n) is 2.42. The minimum Gasteiger partial charge on any atom is -0.329 e. The zero-order chi connectivity index (χ0) is 17.3. The summed E-state index contributed by atoms with van der Waals surface area (Å²) < 4.78 is 52.9. The summed E-state index contributed by atoms with van der Waals surface area (Å²) in [5.74, 6) is 0. The van der Waals surface area contributed by atoms with Gasteiger partial charge in [-0.25, -0.2) is 16.8 Å². The number of nitrogens with two attached hydrogens (primary N) is 1. The molecular weight excluding hydrogens is 374 g/mol. The molecule has 0 aliphatic carbocycles. The first-order valence-electron chi connectivity index (χ1n) is 7.49. The van der Waals surface area contributed by atoms with Crippen molar-refractivity contribution in [2.75, 3.05) is 26.7 Å². The summed E-state index contributed by atoms with van der Waals surface area (Å²) in [5, 5.41) is 0. The van der Waals surface area contributed by atoms with Gasteiger partial charge >= 0.3 is 0 Å². The highest BCUT2D eigenvalue weighted by molar-refractivity contribution is 7.90. The maximum absolute atomic E-state index is 12.6. The number of likely N-dealkylation sites (N-methyl/N-ethyl adjacent to an activating group) is 1. The standard InChI is InChI=1S/C14H23N3O4S2.ClH/c1-12(11-15)16(2)22(18,19)13-6-5-7-14(10-13)23(20,21)17-8-3-4-9-17;/h5-7,10,12H,3-4,8-9,11,15H2,1-2H3;1H. The first kappa shape index (κ1) is 21.3. The third-order valence-electron chi connectivity index (χ3n) is 4.15. The minimum absolute atomic E-state index is 0. The van der Waals surface area contributed by atoms with Crippen LogP contribution in [-0.4, -0.2) is 58.2 Å². The molecule has 1 fully saturated rings. The van der Waals surface area contributed by atoms with Crippen LogP contribution in [0.15, 0.2) is 34.1 Å². The molecule has 24 heavy (non-hydrogen) atoms. The predicted octanol–water partition coefficient (Wildman–Crippen LogP) is 0.861. The van der Waals surface area contributed by atoms with E-state index in [0.717, 1.165) is 17.1 Å². The van der Waals surface area contributed by atoms with Gasteiger partial charge in [-0.3, -0.25) is 0 Å². The van der Waals surface area contributed by atoms with Crippen LogP contribution in [0.1, 0.15) is 19.8 Å². The van der Waals surface area contributed by atoms with Gasteiger partial charge in [0, 0.05) is 32.7 Å². The molecule has 1 aromatic carbocycles. The summed E-state index contributed by atoms with van der Waals surface area (Å²) in [6.45, 7) is 2.83. The molecule has 0 radical (unpaired) electrons. The topological polar surface area (TPSA) is 101 Å². The Kier molecular flexibility index (Phi) is 7.21. The SMILES string of the molecule is CC(CN)N(C)S(=O)(=O)c1cccc(S(=O)(=O)N2CCCC2)c1.Cl. The van der Waals surface area contributed by atoms with E-state index in [1.807, 2.05) is 0 Å². The van der Waals surface area contributed by atoms with Crippen molar-refractivity contribution in [1.82, 2.24) is 8.61 Å². The monoisotopic (exact) mass is 397 g/mol. The van der Waals surface area contributed by atoms with Crippen molar-refractivity contribution in [2.45, 2.75) is 35.6 Å². The summed E-state index contributed by atoms with van der Waals surface area (Å²) in [6, 6.07) is 5.13. The van der Waals surface area contributed by atoms with E-state index in [2.05, 4.69) is 0 Å². The number of hydrogen-bond acceptors (Lipinski definition) is 5. The van der Waals surface area contributed by atoms with Gasteiger partial charge < -0.3 is 5.73 Å². The molecule has 1 saturated heterocycles. The molecule has 10 heteroatoms. The highest BCUT2D eigenvalue weighted by Gasteiger charge is 2.30. The zero-order valence-electron chi connectivity index (χ0n) is 13.8. The molecule has 0 bridgehead atoms. The second kappa shape index (κ2) is 8.11. The molecule has 1 heterocycles. The van der Waals surface area contributed by atoms with Crippen molar-refractivity contribution >= 4 is 32.5 Å². The molecule has 1 unspecified atom stereocenters. The molecule has 2 N–H and O–H groups in total. The predicted molar refractivity (Wildman–Crippen MR) is 95.1 cm³/mol. The zero-order valence-corrected chi connectivity index (χ0v) is 16.2. The minimum atomic E-state index is -3.79. The van der Waals surface area contributed by atoms with E-state index in [1.165, 1.54) is 35.6 Å². The Morgan fingerprint density at radius 3 is 2.25 bits per heavy atom. The molecule has 0 amide bonds. The van der Waals surface area contributed by atoms with E-state index in [1.54, 1.807) is 6.92 Å². The maximum atomic E-state index is 12.6. The lowest BCUT2D eigenvalue weighted by Crippen LogP contribution is -2.39. The van der Waals surface area contributed by atoms with Crippen LogP contribution in [-0.2, 0) is 20.0 Å². The fraction of sp³-hybridized carbons (Fsp3) is 0.571. The molecule has 1 aliphatic heterocycles. The Hall–Kier alpha value is -0.710. The molecule has 1 aliphatic rings. The van der Waals surface area contributed by atoms with Gasteiger partial charge in [-0.05, 0) is 38.0 Å². The Labute approximate surface area is 150 Å². The lowest BCUT2D eigenvalue weighted by molar-refractivity contribution is 0.394. The number of rotatable bonds is 6. The van der Waals surface area contributed by atoms with Gasteiger partial charge in [-0.15, -0.1) is 12.4 Å². The van der Waals surface area contributed by atoms with E-state index in [9.17, 15) is 16.8 Å². The van der Waals surface area contributed by atoms with Crippen LogP contribution in [0.2, 0.25) is 0 Å². The van der Waals surface area contributed by atoms with Gasteiger partial charge in [-0.2, -0.15) is 8.61 Å². The van der Waals surface area contributed by atoms with Gasteiger partial charge in [0.25, 0.3) is 0 Å². The lowest BCUT2D eigenvalue weighted by Gasteiger charge is -2.23. The van der Waals surface area contributed by atoms with Crippen LogP contribution in [0.25, 0.3) is 0 Å². The number of halogens is 1. The quantitative estimate of drug-likeness (QED) is 0.767. The molecule has 0 spiro atoms. The van der Waals surface area contributed by atoms with Gasteiger partial charge in [0.15, 0.2) is 0 Å². The van der Waals surface area contributed by atoms with Crippen LogP contribution >= 0.6 is 12.4 Å². The Morgan fingerprint density at radius 2 is 1.71 bits per heavy atom. The second-order valence-electron chi connectivity index (χ2n) is 5.69. The van der Waals surface area contributed by atoms with Crippen LogP contribution < -0.4 is 5.73 Å². The third-order valence-corrected chi connectivity index (χ3v) is 8.01. The van der Waals surface area contributed by atoms with Crippen molar-refractivity contribution in [3.63, 3.8) is 0 Å². The summed E-state index contributed by atoms with van der Waals surface area (Å²) in [7, 11) is -5.99. The van der Waals surface area contributed by atoms with Crippen molar-refractivity contribution in [1.29, 1.82) is 0 Å². The number of hydrogen-bond donors (Lipinski definition) is 1. The van der Waals surface area contributed by atoms with Gasteiger partial charge in [0.2, 0.25) is 20.0 Å². The van der Waals surface area contributed by atoms with E-state index in [-0.39, 0.29) is 34.8 Å². The third kappa shape index (κ3) is 4.09. The van der Waals surface area contributed by atoms with Crippen LogP contribution in [0.5, 0.6) is 0 Å². The summed E-state index contributed by atoms with van der Waals surface area (Å²) in [5.41, 5.74) is 5.52. The summed E-state index contributed by atoms with van der Waals surface area (Å²) in [4.78, 5) is -0.0325. The Balaban J connectivity index is 0.00000288. The first-order valence-corrected chi connectivity index (χ1v) is 10.4. The van der Waals surface area contributed by atoms with Crippen molar-refractivity contribution < 1.29 is 16.8 Å². The fourth-order valence-corrected chi connectivity index (χ4v) is 5.48. The van der Waals surface area contributed by atoms with Gasteiger partial charge in [-0.1, -0.05) is 6.07 Å². The van der Waals surface area contributed by atoms with Crippen LogP contribution in [0, 0.1) is 0 Å². The van der Waals surface area contributed by atoms with Crippen LogP contribution in [0.3, 0.4) is 0 Å². The molecule has 0 saturated carbocycles. The Morgan fingerprint density at radius 1 is 1.17 bits per heavy atom. The summed E-state index contributed by atoms with van der Waals surface area (Å²) >= 11 is 0. The Bertz CT molecular complexity index is 762. The molecule has 138 valence electrons. The first-order chi connectivity index (χ1) is 10.7. The van der Waals surface area contributed by atoms with Gasteiger partial charge in [0.1, 0.15) is 0 Å². The van der Waals surface area contributed by atoms with E-state index >= 15 is 0 Å². The highest BCUT2D eigenvalue weighted by atomic mass is 35.5. The summed E-state index contributed by atoms with van der Waals surface area (Å²) in [6.07, 6.45) is 1.65. The normalized spacial score (nSPS) is 17.7. The van der Waals surface area contributed by atoms with Crippen molar-refractivity contribution in [3.8, 4) is 0 Å².